The van der Waals surface area contributed by atoms with Crippen molar-refractivity contribution in [3.63, 3.8) is 0 Å². The maximum Gasteiger partial charge on any atom is 0.394 e. The zero-order valence-electron chi connectivity index (χ0n) is 8.36. The number of nitrogens with zero attached hydrogens (tertiary/aromatic N) is 1. The molecule has 0 aromatic carbocycles. The minimum Gasteiger partial charge on any atom is -0.279 e. The Morgan fingerprint density at radius 3 is 1.00 bits per heavy atom. The molecule has 5 N–H and O–H groups in total. The molecular weight excluding hydrogens is 302 g/mol. The highest BCUT2D eigenvalue weighted by atomic mass is 32.3. The van der Waals surface area contributed by atoms with E-state index in [0.29, 0.717) is 0 Å². The van der Waals surface area contributed by atoms with Gasteiger partial charge in [-0.25, -0.2) is 0 Å². The fourth-order valence-corrected chi connectivity index (χ4v) is 0.565. The molecule has 1 saturated heterocycles. The van der Waals surface area contributed by atoms with Crippen LogP contribution in [0.4, 0.5) is 0 Å². The van der Waals surface area contributed by atoms with Gasteiger partial charge in [-0.05, 0) is 0 Å². The molecule has 1 heterocycles. The fourth-order valence-electron chi connectivity index (χ4n) is 0.565. The Balaban J connectivity index is 0. The van der Waals surface area contributed by atoms with E-state index in [2.05, 4.69) is 0 Å². The molecule has 0 radical (unpaired) electrons. The van der Waals surface area contributed by atoms with Crippen molar-refractivity contribution in [2.75, 3.05) is 0 Å². The van der Waals surface area contributed by atoms with Gasteiger partial charge in [-0.3, -0.25) is 33.0 Å². The van der Waals surface area contributed by atoms with E-state index in [1.165, 1.54) is 0 Å². The molecule has 12 nitrogen and oxygen atoms in total. The summed E-state index contributed by atoms with van der Waals surface area (Å²) in [6, 6.07) is 0. The van der Waals surface area contributed by atoms with E-state index in [1.54, 1.807) is 0 Å². The largest absolute Gasteiger partial charge is 0.394 e. The standard InChI is InChI=1S/C4H5NO3.2H2O4S/c6-3-1-2-4(7)5(3)8;2*1-5(2,3)4/h8H,1-2H2;2*(H2,1,2,3,4). The summed E-state index contributed by atoms with van der Waals surface area (Å²) in [5.41, 5.74) is 0. The van der Waals surface area contributed by atoms with Gasteiger partial charge in [-0.1, -0.05) is 0 Å². The first-order valence-corrected chi connectivity index (χ1v) is 6.45. The number of carbonyl (C=O) groups excluding carboxylic acids is 2. The fraction of sp³-hybridized carbons (Fsp3) is 0.500. The Morgan fingerprint density at radius 1 is 0.778 bits per heavy atom. The van der Waals surface area contributed by atoms with E-state index in [9.17, 15) is 9.59 Å². The highest BCUT2D eigenvalue weighted by molar-refractivity contribution is 7.80. The zero-order valence-corrected chi connectivity index (χ0v) is 10.00. The van der Waals surface area contributed by atoms with Gasteiger partial charge < -0.3 is 0 Å². The van der Waals surface area contributed by atoms with Crippen molar-refractivity contribution in [2.24, 2.45) is 0 Å². The molecular formula is C4H9NO11S2. The van der Waals surface area contributed by atoms with Crippen molar-refractivity contribution in [3.05, 3.63) is 0 Å². The Bertz CT molecular complexity index is 427. The van der Waals surface area contributed by atoms with E-state index < -0.39 is 32.6 Å². The Morgan fingerprint density at radius 2 is 0.944 bits per heavy atom. The summed E-state index contributed by atoms with van der Waals surface area (Å²) in [5.74, 6) is -1.01. The smallest absolute Gasteiger partial charge is 0.279 e. The van der Waals surface area contributed by atoms with Gasteiger partial charge in [0.25, 0.3) is 11.8 Å². The van der Waals surface area contributed by atoms with Gasteiger partial charge in [0.05, 0.1) is 0 Å². The third-order valence-electron chi connectivity index (χ3n) is 1.03. The molecule has 0 aromatic rings. The molecule has 14 heteroatoms. The maximum atomic E-state index is 10.2. The third kappa shape index (κ3) is 20.3. The molecule has 2 amide bonds. The van der Waals surface area contributed by atoms with Gasteiger partial charge in [-0.15, -0.1) is 0 Å². The van der Waals surface area contributed by atoms with Crippen molar-refractivity contribution in [1.29, 1.82) is 0 Å². The molecule has 1 aliphatic heterocycles. The average Bonchev–Trinajstić information content (AvgIpc) is 2.30. The summed E-state index contributed by atoms with van der Waals surface area (Å²) in [7, 11) is -9.33. The second kappa shape index (κ2) is 7.31. The third-order valence-corrected chi connectivity index (χ3v) is 1.03. The van der Waals surface area contributed by atoms with E-state index in [0.717, 1.165) is 0 Å². The van der Waals surface area contributed by atoms with Gasteiger partial charge in [0.15, 0.2) is 0 Å². The minimum atomic E-state index is -4.67. The first-order chi connectivity index (χ1) is 7.72. The van der Waals surface area contributed by atoms with Crippen LogP contribution in [0.2, 0.25) is 0 Å². The molecule has 0 unspecified atom stereocenters. The highest BCUT2D eigenvalue weighted by Gasteiger charge is 2.26. The van der Waals surface area contributed by atoms with Crippen molar-refractivity contribution in [2.45, 2.75) is 12.8 Å². The summed E-state index contributed by atoms with van der Waals surface area (Å²) in [5, 5.41) is 8.57. The second-order valence-electron chi connectivity index (χ2n) is 2.49. The van der Waals surface area contributed by atoms with Gasteiger partial charge in [0, 0.05) is 12.8 Å². The van der Waals surface area contributed by atoms with Crippen LogP contribution >= 0.6 is 0 Å². The van der Waals surface area contributed by atoms with E-state index >= 15 is 0 Å². The first kappa shape index (κ1) is 19.2. The van der Waals surface area contributed by atoms with Gasteiger partial charge in [0.2, 0.25) is 0 Å². The lowest BCUT2D eigenvalue weighted by Crippen LogP contribution is -2.24. The normalized spacial score (nSPS) is 15.5. The Kier molecular flexibility index (Phi) is 7.80. The topological polar surface area (TPSA) is 207 Å². The number of hydroxylamine groups is 2. The van der Waals surface area contributed by atoms with E-state index in [4.69, 9.17) is 40.3 Å². The summed E-state index contributed by atoms with van der Waals surface area (Å²) < 4.78 is 63.2. The number of hydrogen-bond acceptors (Lipinski definition) is 7. The number of amides is 2. The first-order valence-electron chi connectivity index (χ1n) is 3.66. The monoisotopic (exact) mass is 311 g/mol. The predicted molar refractivity (Wildman–Crippen MR) is 51.2 cm³/mol. The summed E-state index contributed by atoms with van der Waals surface area (Å²) >= 11 is 0. The van der Waals surface area contributed by atoms with Crippen LogP contribution in [-0.2, 0) is 30.4 Å². The molecule has 0 atom stereocenters. The van der Waals surface area contributed by atoms with Crippen LogP contribution < -0.4 is 0 Å². The lowest BCUT2D eigenvalue weighted by Gasteiger charge is -1.98. The van der Waals surface area contributed by atoms with Crippen molar-refractivity contribution >= 4 is 32.6 Å². The van der Waals surface area contributed by atoms with Gasteiger partial charge >= 0.3 is 20.8 Å². The number of hydrogen-bond donors (Lipinski definition) is 5. The molecule has 108 valence electrons. The van der Waals surface area contributed by atoms with Crippen LogP contribution in [-0.4, -0.2) is 57.1 Å². The van der Waals surface area contributed by atoms with Gasteiger partial charge in [-0.2, -0.15) is 21.9 Å². The molecule has 1 rings (SSSR count). The molecule has 0 bridgehead atoms. The molecule has 0 aliphatic carbocycles. The second-order valence-corrected chi connectivity index (χ2v) is 4.29. The SMILES string of the molecule is O=C1CCC(=O)N1O.O=S(=O)(O)O.O=S(=O)(O)O. The average molecular weight is 311 g/mol. The summed E-state index contributed by atoms with van der Waals surface area (Å²) in [6.45, 7) is 0. The minimum absolute atomic E-state index is 0.148. The number of rotatable bonds is 0. The van der Waals surface area contributed by atoms with Crippen molar-refractivity contribution in [1.82, 2.24) is 5.06 Å². The Labute approximate surface area is 101 Å². The lowest BCUT2D eigenvalue weighted by molar-refractivity contribution is -0.171. The van der Waals surface area contributed by atoms with E-state index in [-0.39, 0.29) is 17.9 Å². The quantitative estimate of drug-likeness (QED) is 0.192. The molecule has 0 spiro atoms. The van der Waals surface area contributed by atoms with Crippen LogP contribution in [0.3, 0.4) is 0 Å². The van der Waals surface area contributed by atoms with Crippen molar-refractivity contribution < 1.29 is 49.8 Å². The van der Waals surface area contributed by atoms with Crippen LogP contribution in [0.15, 0.2) is 0 Å². The van der Waals surface area contributed by atoms with Crippen LogP contribution in [0.5, 0.6) is 0 Å². The predicted octanol–water partition coefficient (Wildman–Crippen LogP) is -1.78. The molecule has 1 fully saturated rings. The Hall–Kier alpha value is -1.16. The molecule has 0 saturated carbocycles. The lowest BCUT2D eigenvalue weighted by atomic mass is 10.4. The molecule has 18 heavy (non-hydrogen) atoms. The molecule has 0 aromatic heterocycles. The molecule has 1 aliphatic rings. The highest BCUT2D eigenvalue weighted by Crippen LogP contribution is 2.06. The van der Waals surface area contributed by atoms with Gasteiger partial charge in [0.1, 0.15) is 0 Å². The van der Waals surface area contributed by atoms with E-state index in [1.807, 2.05) is 0 Å². The maximum absolute atomic E-state index is 10.2. The summed E-state index contributed by atoms with van der Waals surface area (Å²) in [6.07, 6.45) is 0.296. The number of imide groups is 1. The van der Waals surface area contributed by atoms with Crippen LogP contribution in [0, 0.1) is 0 Å². The number of carbonyl (C=O) groups is 2. The zero-order chi connectivity index (χ0) is 15.1. The van der Waals surface area contributed by atoms with Crippen molar-refractivity contribution in [3.8, 4) is 0 Å². The van der Waals surface area contributed by atoms with Crippen LogP contribution in [0.1, 0.15) is 12.8 Å². The summed E-state index contributed by atoms with van der Waals surface area (Å²) in [4.78, 5) is 20.5. The van der Waals surface area contributed by atoms with Crippen LogP contribution in [0.25, 0.3) is 0 Å².